The van der Waals surface area contributed by atoms with Crippen LogP contribution in [-0.2, 0) is 0 Å². The van der Waals surface area contributed by atoms with Crippen molar-refractivity contribution in [3.05, 3.63) is 52.6 Å². The van der Waals surface area contributed by atoms with E-state index in [0.29, 0.717) is 34.7 Å². The van der Waals surface area contributed by atoms with Crippen molar-refractivity contribution in [1.82, 2.24) is 9.88 Å². The molecule has 5 nitrogen and oxygen atoms in total. The number of amides is 2. The van der Waals surface area contributed by atoms with E-state index < -0.39 is 0 Å². The van der Waals surface area contributed by atoms with Crippen molar-refractivity contribution < 1.29 is 9.53 Å². The number of benzene rings is 1. The zero-order valence-electron chi connectivity index (χ0n) is 11.5. The number of anilines is 1. The highest BCUT2D eigenvalue weighted by atomic mass is 35.5. The van der Waals surface area contributed by atoms with Gasteiger partial charge in [-0.3, -0.25) is 0 Å². The highest BCUT2D eigenvalue weighted by Crippen LogP contribution is 2.24. The molecule has 1 saturated heterocycles. The first-order chi connectivity index (χ1) is 10.6. The standard InChI is InChI=1S/C15H13Cl2N3O2/c16-10-3-5-11(6-4-10)19-15(21)20-8-12(9-20)22-14-13(17)2-1-7-18-14/h1-7,12H,8-9H2,(H,19,21). The first kappa shape index (κ1) is 14.9. The number of nitrogens with one attached hydrogen (secondary N) is 1. The third-order valence-corrected chi connectivity index (χ3v) is 3.77. The van der Waals surface area contributed by atoms with E-state index in [-0.39, 0.29) is 12.1 Å². The van der Waals surface area contributed by atoms with Gasteiger partial charge in [0.05, 0.1) is 13.1 Å². The number of likely N-dealkylation sites (tertiary alicyclic amines) is 1. The quantitative estimate of drug-likeness (QED) is 0.929. The van der Waals surface area contributed by atoms with Gasteiger partial charge in [-0.15, -0.1) is 0 Å². The first-order valence-electron chi connectivity index (χ1n) is 6.70. The Labute approximate surface area is 137 Å². The molecule has 1 aliphatic heterocycles. The van der Waals surface area contributed by atoms with Crippen molar-refractivity contribution >= 4 is 34.9 Å². The average Bonchev–Trinajstić information content (AvgIpc) is 2.46. The minimum Gasteiger partial charge on any atom is -0.470 e. The van der Waals surface area contributed by atoms with E-state index in [9.17, 15) is 4.79 Å². The van der Waals surface area contributed by atoms with Gasteiger partial charge in [-0.1, -0.05) is 23.2 Å². The normalized spacial score (nSPS) is 14.4. The lowest BCUT2D eigenvalue weighted by Gasteiger charge is -2.38. The molecule has 0 spiro atoms. The monoisotopic (exact) mass is 337 g/mol. The number of aromatic nitrogens is 1. The number of rotatable bonds is 3. The Kier molecular flexibility index (Phi) is 4.36. The highest BCUT2D eigenvalue weighted by molar-refractivity contribution is 6.31. The van der Waals surface area contributed by atoms with E-state index in [0.717, 1.165) is 0 Å². The zero-order chi connectivity index (χ0) is 15.5. The summed E-state index contributed by atoms with van der Waals surface area (Å²) in [6, 6.07) is 10.2. The fraction of sp³-hybridized carbons (Fsp3) is 0.200. The van der Waals surface area contributed by atoms with Crippen LogP contribution in [0.15, 0.2) is 42.6 Å². The summed E-state index contributed by atoms with van der Waals surface area (Å²) in [6.07, 6.45) is 1.52. The lowest BCUT2D eigenvalue weighted by Crippen LogP contribution is -2.57. The molecule has 22 heavy (non-hydrogen) atoms. The molecule has 114 valence electrons. The molecule has 7 heteroatoms. The Balaban J connectivity index is 1.49. The molecule has 0 bridgehead atoms. The van der Waals surface area contributed by atoms with Gasteiger partial charge >= 0.3 is 6.03 Å². The summed E-state index contributed by atoms with van der Waals surface area (Å²) in [4.78, 5) is 17.7. The number of nitrogens with zero attached hydrogens (tertiary/aromatic N) is 2. The van der Waals surface area contributed by atoms with Gasteiger partial charge in [-0.05, 0) is 36.4 Å². The van der Waals surface area contributed by atoms with Crippen LogP contribution in [0.4, 0.5) is 10.5 Å². The molecule has 0 radical (unpaired) electrons. The van der Waals surface area contributed by atoms with Crippen LogP contribution in [0.3, 0.4) is 0 Å². The van der Waals surface area contributed by atoms with Crippen LogP contribution in [0.25, 0.3) is 0 Å². The number of carbonyl (C=O) groups is 1. The largest absolute Gasteiger partial charge is 0.470 e. The van der Waals surface area contributed by atoms with Gasteiger partial charge in [-0.2, -0.15) is 0 Å². The minimum absolute atomic E-state index is 0.0941. The summed E-state index contributed by atoms with van der Waals surface area (Å²) >= 11 is 11.8. The second kappa shape index (κ2) is 6.42. The molecule has 0 atom stereocenters. The molecule has 1 fully saturated rings. The van der Waals surface area contributed by atoms with Crippen molar-refractivity contribution in [3.8, 4) is 5.88 Å². The maximum atomic E-state index is 12.0. The summed E-state index contributed by atoms with van der Waals surface area (Å²) < 4.78 is 5.65. The first-order valence-corrected chi connectivity index (χ1v) is 7.46. The van der Waals surface area contributed by atoms with E-state index in [1.165, 1.54) is 0 Å². The van der Waals surface area contributed by atoms with Crippen molar-refractivity contribution in [3.63, 3.8) is 0 Å². The summed E-state index contributed by atoms with van der Waals surface area (Å²) in [5.74, 6) is 0.395. The average molecular weight is 338 g/mol. The maximum Gasteiger partial charge on any atom is 0.322 e. The predicted octanol–water partition coefficient (Wildman–Crippen LogP) is 3.68. The molecule has 2 heterocycles. The van der Waals surface area contributed by atoms with Gasteiger partial charge < -0.3 is 15.0 Å². The highest BCUT2D eigenvalue weighted by Gasteiger charge is 2.33. The molecule has 2 amide bonds. The lowest BCUT2D eigenvalue weighted by atomic mass is 10.2. The molecule has 0 saturated carbocycles. The Hall–Kier alpha value is -1.98. The molecule has 0 unspecified atom stereocenters. The Bertz CT molecular complexity index is 673. The van der Waals surface area contributed by atoms with Gasteiger partial charge in [0, 0.05) is 16.9 Å². The van der Waals surface area contributed by atoms with Crippen molar-refractivity contribution in [2.45, 2.75) is 6.10 Å². The van der Waals surface area contributed by atoms with Gasteiger partial charge in [0.2, 0.25) is 5.88 Å². The number of ether oxygens (including phenoxy) is 1. The fourth-order valence-corrected chi connectivity index (χ4v) is 2.32. The van der Waals surface area contributed by atoms with E-state index in [1.807, 2.05) is 0 Å². The smallest absolute Gasteiger partial charge is 0.322 e. The number of carbonyl (C=O) groups excluding carboxylic acids is 1. The molecule has 1 aromatic heterocycles. The van der Waals surface area contributed by atoms with Crippen molar-refractivity contribution in [2.75, 3.05) is 18.4 Å². The lowest BCUT2D eigenvalue weighted by molar-refractivity contribution is 0.0462. The topological polar surface area (TPSA) is 54.5 Å². The Morgan fingerprint density at radius 3 is 2.64 bits per heavy atom. The van der Waals surface area contributed by atoms with E-state index in [2.05, 4.69) is 10.3 Å². The Morgan fingerprint density at radius 2 is 1.95 bits per heavy atom. The SMILES string of the molecule is O=C(Nc1ccc(Cl)cc1)N1CC(Oc2ncccc2Cl)C1. The van der Waals surface area contributed by atoms with Crippen LogP contribution in [0, 0.1) is 0 Å². The molecule has 3 rings (SSSR count). The van der Waals surface area contributed by atoms with Gasteiger partial charge in [-0.25, -0.2) is 9.78 Å². The van der Waals surface area contributed by atoms with E-state index in [1.54, 1.807) is 47.5 Å². The van der Waals surface area contributed by atoms with E-state index in [4.69, 9.17) is 27.9 Å². The third-order valence-electron chi connectivity index (χ3n) is 3.23. The number of hydrogen-bond donors (Lipinski definition) is 1. The summed E-state index contributed by atoms with van der Waals surface area (Å²) in [5, 5.41) is 3.89. The summed E-state index contributed by atoms with van der Waals surface area (Å²) in [5.41, 5.74) is 0.700. The van der Waals surface area contributed by atoms with Crippen LogP contribution in [-0.4, -0.2) is 35.1 Å². The third kappa shape index (κ3) is 3.43. The molecule has 1 N–H and O–H groups in total. The molecule has 1 aromatic carbocycles. The molecule has 1 aliphatic rings. The van der Waals surface area contributed by atoms with Gasteiger partial charge in [0.25, 0.3) is 0 Å². The van der Waals surface area contributed by atoms with Crippen molar-refractivity contribution in [2.24, 2.45) is 0 Å². The maximum absolute atomic E-state index is 12.0. The van der Waals surface area contributed by atoms with Crippen LogP contribution in [0.2, 0.25) is 10.0 Å². The number of halogens is 2. The second-order valence-electron chi connectivity index (χ2n) is 4.87. The van der Waals surface area contributed by atoms with Gasteiger partial charge in [0.15, 0.2) is 0 Å². The Morgan fingerprint density at radius 1 is 1.23 bits per heavy atom. The van der Waals surface area contributed by atoms with Gasteiger partial charge in [0.1, 0.15) is 11.1 Å². The minimum atomic E-state index is -0.172. The molecule has 2 aromatic rings. The van der Waals surface area contributed by atoms with Crippen LogP contribution in [0.5, 0.6) is 5.88 Å². The van der Waals surface area contributed by atoms with E-state index >= 15 is 0 Å². The summed E-state index contributed by atoms with van der Waals surface area (Å²) in [6.45, 7) is 0.985. The molecular weight excluding hydrogens is 325 g/mol. The number of pyridine rings is 1. The second-order valence-corrected chi connectivity index (χ2v) is 5.72. The number of hydrogen-bond acceptors (Lipinski definition) is 3. The summed E-state index contributed by atoms with van der Waals surface area (Å²) in [7, 11) is 0. The molecule has 0 aliphatic carbocycles. The zero-order valence-corrected chi connectivity index (χ0v) is 13.0. The van der Waals surface area contributed by atoms with Crippen molar-refractivity contribution in [1.29, 1.82) is 0 Å². The van der Waals surface area contributed by atoms with Crippen LogP contribution >= 0.6 is 23.2 Å². The predicted molar refractivity (Wildman–Crippen MR) is 85.7 cm³/mol. The fourth-order valence-electron chi connectivity index (χ4n) is 2.03. The van der Waals surface area contributed by atoms with Crippen LogP contribution < -0.4 is 10.1 Å². The van der Waals surface area contributed by atoms with Crippen LogP contribution in [0.1, 0.15) is 0 Å². The number of urea groups is 1. The molecular formula is C15H13Cl2N3O2.